The van der Waals surface area contributed by atoms with E-state index in [0.29, 0.717) is 25.6 Å². The van der Waals surface area contributed by atoms with Crippen molar-refractivity contribution in [1.82, 2.24) is 19.8 Å². The fourth-order valence-corrected chi connectivity index (χ4v) is 3.17. The Balaban J connectivity index is 1.98. The van der Waals surface area contributed by atoms with Crippen molar-refractivity contribution < 1.29 is 20.4 Å². The van der Waals surface area contributed by atoms with Gasteiger partial charge in [-0.2, -0.15) is 9.61 Å². The summed E-state index contributed by atoms with van der Waals surface area (Å²) in [6.07, 6.45) is -4.70. The van der Waals surface area contributed by atoms with Gasteiger partial charge in [0.15, 0.2) is 5.82 Å². The molecule has 1 aromatic carbocycles. The average Bonchev–Trinajstić information content (AvgIpc) is 3.15. The van der Waals surface area contributed by atoms with Crippen LogP contribution < -0.4 is 0 Å². The van der Waals surface area contributed by atoms with Gasteiger partial charge in [-0.15, -0.1) is 10.2 Å². The molecule has 11 heteroatoms. The molecule has 0 aliphatic heterocycles. The third-order valence-corrected chi connectivity index (χ3v) is 5.04. The fourth-order valence-electron chi connectivity index (χ4n) is 2.03. The van der Waals surface area contributed by atoms with E-state index >= 15 is 0 Å². The normalized spacial score (nSPS) is 15.6. The molecule has 3 rings (SSSR count). The number of benzene rings is 1. The number of aliphatic hydroxyl groups excluding tert-OH is 4. The van der Waals surface area contributed by atoms with Crippen molar-refractivity contribution in [2.24, 2.45) is 0 Å². The molecule has 0 saturated heterocycles. The number of rotatable bonds is 5. The van der Waals surface area contributed by atoms with Crippen LogP contribution in [-0.2, 0) is 0 Å². The van der Waals surface area contributed by atoms with Crippen LogP contribution in [0.4, 0.5) is 0 Å². The van der Waals surface area contributed by atoms with Crippen LogP contribution in [0.3, 0.4) is 0 Å². The molecule has 0 aliphatic carbocycles. The smallest absolute Gasteiger partial charge is 0.235 e. The summed E-state index contributed by atoms with van der Waals surface area (Å²) in [5, 5.41) is 51.5. The summed E-state index contributed by atoms with van der Waals surface area (Å²) in [5.74, 6) is -0.0486. The van der Waals surface area contributed by atoms with E-state index in [4.69, 9.17) is 28.3 Å². The number of nitrogens with zero attached hydrogens (tertiary/aromatic N) is 4. The molecule has 128 valence electrons. The standard InChI is InChI=1S/C13H12Cl2N4O4S/c14-6-2-1-5(3-7(6)15)12-18-19-11(16-17-13(19)24-12)10(23)9(22)8(21)4-20/h1-3,8-10,20-23H,4H2/t8-,9+,10+/m1/s1. The van der Waals surface area contributed by atoms with E-state index in [1.54, 1.807) is 18.2 Å². The Hall–Kier alpha value is -1.33. The molecule has 24 heavy (non-hydrogen) atoms. The highest BCUT2D eigenvalue weighted by Crippen LogP contribution is 2.31. The highest BCUT2D eigenvalue weighted by atomic mass is 35.5. The van der Waals surface area contributed by atoms with Gasteiger partial charge in [0.05, 0.1) is 16.7 Å². The van der Waals surface area contributed by atoms with E-state index in [9.17, 15) is 15.3 Å². The summed E-state index contributed by atoms with van der Waals surface area (Å²) in [7, 11) is 0. The third-order valence-electron chi connectivity index (χ3n) is 3.35. The first-order chi connectivity index (χ1) is 11.4. The number of fused-ring (bicyclic) bond motifs is 1. The number of aliphatic hydroxyl groups is 4. The van der Waals surface area contributed by atoms with Gasteiger partial charge in [-0.3, -0.25) is 0 Å². The first kappa shape index (κ1) is 17.5. The highest BCUT2D eigenvalue weighted by molar-refractivity contribution is 7.19. The van der Waals surface area contributed by atoms with Crippen molar-refractivity contribution in [2.45, 2.75) is 18.3 Å². The third kappa shape index (κ3) is 3.11. The Bertz CT molecular complexity index is 871. The molecule has 0 bridgehead atoms. The molecule has 3 aromatic rings. The molecule has 8 nitrogen and oxygen atoms in total. The number of halogens is 2. The minimum atomic E-state index is -1.63. The van der Waals surface area contributed by atoms with Gasteiger partial charge >= 0.3 is 0 Å². The summed E-state index contributed by atoms with van der Waals surface area (Å²) in [4.78, 5) is 0.385. The summed E-state index contributed by atoms with van der Waals surface area (Å²) >= 11 is 13.1. The summed E-state index contributed by atoms with van der Waals surface area (Å²) < 4.78 is 1.26. The van der Waals surface area contributed by atoms with Gasteiger partial charge in [0.1, 0.15) is 23.3 Å². The van der Waals surface area contributed by atoms with Gasteiger partial charge < -0.3 is 20.4 Å². The number of aromatic nitrogens is 4. The zero-order valence-electron chi connectivity index (χ0n) is 11.9. The van der Waals surface area contributed by atoms with Crippen molar-refractivity contribution in [3.8, 4) is 10.6 Å². The second-order valence-electron chi connectivity index (χ2n) is 4.97. The molecule has 0 saturated carbocycles. The molecular weight excluding hydrogens is 379 g/mol. The van der Waals surface area contributed by atoms with E-state index in [0.717, 1.165) is 0 Å². The predicted molar refractivity (Wildman–Crippen MR) is 88.2 cm³/mol. The van der Waals surface area contributed by atoms with Gasteiger partial charge in [0.2, 0.25) is 4.96 Å². The SMILES string of the molecule is OC[C@@H](O)[C@H](O)[C@H](O)c1nnc2sc(-c3ccc(Cl)c(Cl)c3)nn12. The molecule has 0 fully saturated rings. The van der Waals surface area contributed by atoms with Gasteiger partial charge in [-0.05, 0) is 12.1 Å². The van der Waals surface area contributed by atoms with E-state index < -0.39 is 24.9 Å². The van der Waals surface area contributed by atoms with Crippen LogP contribution in [0.2, 0.25) is 10.0 Å². The number of hydrogen-bond acceptors (Lipinski definition) is 8. The zero-order valence-corrected chi connectivity index (χ0v) is 14.2. The maximum atomic E-state index is 10.1. The van der Waals surface area contributed by atoms with E-state index in [-0.39, 0.29) is 5.82 Å². The lowest BCUT2D eigenvalue weighted by atomic mass is 10.1. The molecule has 2 aromatic heterocycles. The first-order valence-electron chi connectivity index (χ1n) is 6.75. The largest absolute Gasteiger partial charge is 0.394 e. The lowest BCUT2D eigenvalue weighted by Crippen LogP contribution is -2.35. The van der Waals surface area contributed by atoms with Gasteiger partial charge in [0.25, 0.3) is 0 Å². The molecule has 0 aliphatic rings. The summed E-state index contributed by atoms with van der Waals surface area (Å²) in [6, 6.07) is 5.02. The van der Waals surface area contributed by atoms with E-state index in [2.05, 4.69) is 15.3 Å². The van der Waals surface area contributed by atoms with Crippen molar-refractivity contribution in [2.75, 3.05) is 6.61 Å². The molecule has 0 spiro atoms. The van der Waals surface area contributed by atoms with Crippen LogP contribution in [0.15, 0.2) is 18.2 Å². The van der Waals surface area contributed by atoms with Crippen molar-refractivity contribution >= 4 is 39.5 Å². The number of hydrogen-bond donors (Lipinski definition) is 4. The van der Waals surface area contributed by atoms with Gasteiger partial charge in [0, 0.05) is 5.56 Å². The summed E-state index contributed by atoms with van der Waals surface area (Å²) in [6.45, 7) is -0.703. The van der Waals surface area contributed by atoms with Crippen LogP contribution >= 0.6 is 34.5 Å². The van der Waals surface area contributed by atoms with Crippen LogP contribution in [0, 0.1) is 0 Å². The maximum Gasteiger partial charge on any atom is 0.235 e. The highest BCUT2D eigenvalue weighted by Gasteiger charge is 2.30. The molecule has 0 unspecified atom stereocenters. The first-order valence-corrected chi connectivity index (χ1v) is 8.32. The molecule has 4 N–H and O–H groups in total. The molecular formula is C13H12Cl2N4O4S. The Labute approximate surface area is 149 Å². The second-order valence-corrected chi connectivity index (χ2v) is 6.74. The predicted octanol–water partition coefficient (Wildman–Crippen LogP) is 0.907. The minimum Gasteiger partial charge on any atom is -0.394 e. The molecule has 0 radical (unpaired) electrons. The lowest BCUT2D eigenvalue weighted by molar-refractivity contribution is -0.0808. The zero-order chi connectivity index (χ0) is 17.4. The lowest BCUT2D eigenvalue weighted by Gasteiger charge is -2.19. The van der Waals surface area contributed by atoms with Crippen LogP contribution in [-0.4, -0.2) is 59.1 Å². The van der Waals surface area contributed by atoms with Crippen molar-refractivity contribution in [1.29, 1.82) is 0 Å². The van der Waals surface area contributed by atoms with Crippen molar-refractivity contribution in [3.63, 3.8) is 0 Å². The average molecular weight is 391 g/mol. The quantitative estimate of drug-likeness (QED) is 0.510. The molecule has 2 heterocycles. The Morgan fingerprint density at radius 2 is 1.88 bits per heavy atom. The Morgan fingerprint density at radius 3 is 2.54 bits per heavy atom. The van der Waals surface area contributed by atoms with E-state index in [1.165, 1.54) is 15.9 Å². The van der Waals surface area contributed by atoms with E-state index in [1.807, 2.05) is 0 Å². The van der Waals surface area contributed by atoms with Crippen molar-refractivity contribution in [3.05, 3.63) is 34.1 Å². The monoisotopic (exact) mass is 390 g/mol. The molecule has 0 amide bonds. The molecule has 3 atom stereocenters. The Morgan fingerprint density at radius 1 is 1.12 bits per heavy atom. The van der Waals surface area contributed by atoms with Crippen LogP contribution in [0.5, 0.6) is 0 Å². The van der Waals surface area contributed by atoms with Gasteiger partial charge in [-0.1, -0.05) is 40.6 Å². The summed E-state index contributed by atoms with van der Waals surface area (Å²) in [5.41, 5.74) is 0.705. The second kappa shape index (κ2) is 6.89. The fraction of sp³-hybridized carbons (Fsp3) is 0.308. The topological polar surface area (TPSA) is 124 Å². The Kier molecular flexibility index (Phi) is 5.02. The minimum absolute atomic E-state index is 0.0486. The maximum absolute atomic E-state index is 10.1. The van der Waals surface area contributed by atoms with Crippen LogP contribution in [0.25, 0.3) is 15.5 Å². The van der Waals surface area contributed by atoms with Crippen LogP contribution in [0.1, 0.15) is 11.9 Å². The van der Waals surface area contributed by atoms with Gasteiger partial charge in [-0.25, -0.2) is 0 Å².